The fourth-order valence-corrected chi connectivity index (χ4v) is 6.80. The number of tetrazole rings is 1. The zero-order chi connectivity index (χ0) is 40.1. The summed E-state index contributed by atoms with van der Waals surface area (Å²) in [7, 11) is 1.57. The van der Waals surface area contributed by atoms with E-state index in [1.807, 2.05) is 63.2 Å². The smallest absolute Gasteiger partial charge is 0.345 e. The number of amides is 3. The number of aliphatic hydroxyl groups is 5. The molecule has 55 heavy (non-hydrogen) atoms. The van der Waals surface area contributed by atoms with Crippen LogP contribution in [0.2, 0.25) is 0 Å². The van der Waals surface area contributed by atoms with Crippen molar-refractivity contribution < 1.29 is 39.9 Å². The van der Waals surface area contributed by atoms with Crippen molar-refractivity contribution in [3.63, 3.8) is 0 Å². The minimum Gasteiger partial charge on any atom is -0.394 e. The number of nitrogens with zero attached hydrogens (tertiary/aromatic N) is 6. The number of ketones is 1. The maximum Gasteiger partial charge on any atom is 0.345 e. The van der Waals surface area contributed by atoms with Crippen LogP contribution in [0.4, 0.5) is 16.2 Å². The number of Topliss-reactive ketones (excluding diaryl/α,β-unsaturated/α-hetero) is 1. The monoisotopic (exact) mass is 783 g/mol. The van der Waals surface area contributed by atoms with E-state index in [2.05, 4.69) is 31.3 Å². The van der Waals surface area contributed by atoms with Gasteiger partial charge >= 0.3 is 6.03 Å². The van der Waals surface area contributed by atoms with Crippen molar-refractivity contribution >= 4 is 46.6 Å². The number of aromatic nitrogens is 4. The lowest BCUT2D eigenvalue weighted by molar-refractivity contribution is -0.124. The molecule has 1 fully saturated rings. The zero-order valence-corrected chi connectivity index (χ0v) is 32.4. The number of rotatable bonds is 15. The second kappa shape index (κ2) is 20.6. The van der Waals surface area contributed by atoms with E-state index in [4.69, 9.17) is 25.5 Å². The van der Waals surface area contributed by atoms with Gasteiger partial charge < -0.3 is 36.2 Å². The summed E-state index contributed by atoms with van der Waals surface area (Å²) in [5, 5.41) is 70.4. The number of anilines is 2. The molecule has 8 N–H and O–H groups in total. The molecular formula is C37H53N9O8S. The molecule has 18 heteroatoms. The fraction of sp³-hybridized carbons (Fsp3) is 0.541. The van der Waals surface area contributed by atoms with Crippen LogP contribution in [0.5, 0.6) is 0 Å². The van der Waals surface area contributed by atoms with Crippen LogP contribution in [0.15, 0.2) is 58.5 Å². The molecule has 1 aliphatic carbocycles. The van der Waals surface area contributed by atoms with Crippen LogP contribution < -0.4 is 15.5 Å². The second-order valence-corrected chi connectivity index (χ2v) is 15.5. The summed E-state index contributed by atoms with van der Waals surface area (Å²) in [4.78, 5) is 42.9. The van der Waals surface area contributed by atoms with E-state index in [0.29, 0.717) is 23.0 Å². The number of urea groups is 1. The van der Waals surface area contributed by atoms with Crippen LogP contribution in [0.3, 0.4) is 0 Å². The van der Waals surface area contributed by atoms with E-state index in [1.54, 1.807) is 13.1 Å². The second-order valence-electron chi connectivity index (χ2n) is 14.5. The minimum absolute atomic E-state index is 0.0775. The summed E-state index contributed by atoms with van der Waals surface area (Å²) in [5.74, 6) is 0.814. The summed E-state index contributed by atoms with van der Waals surface area (Å²) in [5.41, 5.74) is 2.26. The lowest BCUT2D eigenvalue weighted by Gasteiger charge is -2.28. The van der Waals surface area contributed by atoms with Gasteiger partial charge in [0.25, 0.3) is 0 Å². The molecule has 0 radical (unpaired) electrons. The first-order valence-corrected chi connectivity index (χ1v) is 19.2. The average molecular weight is 784 g/mol. The lowest BCUT2D eigenvalue weighted by atomic mass is 9.83. The Balaban J connectivity index is 0.000000444. The molecule has 2 aromatic carbocycles. The molecule has 4 atom stereocenters. The normalized spacial score (nSPS) is 17.2. The van der Waals surface area contributed by atoms with Crippen LogP contribution in [-0.4, -0.2) is 132 Å². The number of aliphatic hydroxyl groups excluding tert-OH is 5. The minimum atomic E-state index is -1.55. The average Bonchev–Trinajstić information content (AvgIpc) is 3.67. The highest BCUT2D eigenvalue weighted by molar-refractivity contribution is 7.98. The van der Waals surface area contributed by atoms with Gasteiger partial charge in [-0.15, -0.1) is 22.0 Å². The first-order valence-electron chi connectivity index (χ1n) is 18.3. The number of hydrogen-bond donors (Lipinski definition) is 8. The van der Waals surface area contributed by atoms with Crippen molar-refractivity contribution in [3.05, 3.63) is 59.9 Å². The Bertz CT molecular complexity index is 1730. The largest absolute Gasteiger partial charge is 0.394 e. The van der Waals surface area contributed by atoms with Crippen LogP contribution >= 0.6 is 11.8 Å². The summed E-state index contributed by atoms with van der Waals surface area (Å²) >= 11 is 1.51. The topological polar surface area (TPSA) is 250 Å². The maximum absolute atomic E-state index is 14.0. The van der Waals surface area contributed by atoms with Gasteiger partial charge in [-0.2, -0.15) is 10.3 Å². The van der Waals surface area contributed by atoms with Crippen molar-refractivity contribution in [1.82, 2.24) is 30.9 Å². The molecule has 2 heterocycles. The summed E-state index contributed by atoms with van der Waals surface area (Å²) in [6, 6.07) is 14.6. The molecule has 0 bridgehead atoms. The number of aromatic amines is 1. The number of fused-ring (bicyclic) bond motifs is 1. The van der Waals surface area contributed by atoms with Gasteiger partial charge in [-0.1, -0.05) is 69.5 Å². The van der Waals surface area contributed by atoms with Crippen molar-refractivity contribution in [3.8, 4) is 0 Å². The molecule has 0 spiro atoms. The van der Waals surface area contributed by atoms with E-state index in [1.165, 1.54) is 28.1 Å². The van der Waals surface area contributed by atoms with E-state index in [-0.39, 0.29) is 37.2 Å². The number of para-hydroxylation sites is 1. The van der Waals surface area contributed by atoms with Crippen LogP contribution in [-0.2, 0) is 15.3 Å². The predicted molar refractivity (Wildman–Crippen MR) is 207 cm³/mol. The molecule has 1 aliphatic heterocycles. The Labute approximate surface area is 324 Å². The van der Waals surface area contributed by atoms with Gasteiger partial charge in [0.05, 0.1) is 36.4 Å². The zero-order valence-electron chi connectivity index (χ0n) is 31.6. The number of nitrogens with one attached hydrogen (secondary N) is 3. The molecule has 3 amide bonds. The van der Waals surface area contributed by atoms with E-state index < -0.39 is 42.5 Å². The van der Waals surface area contributed by atoms with Gasteiger partial charge in [-0.05, 0) is 44.2 Å². The van der Waals surface area contributed by atoms with Gasteiger partial charge in [0.15, 0.2) is 11.6 Å². The Morgan fingerprint density at radius 2 is 1.69 bits per heavy atom. The highest BCUT2D eigenvalue weighted by Gasteiger charge is 2.36. The first kappa shape index (κ1) is 43.4. The molecule has 17 nitrogen and oxygen atoms in total. The number of likely N-dealkylation sites (N-methyl/N-ethyl adjacent to an activating group) is 1. The number of benzene rings is 2. The third-order valence-electron chi connectivity index (χ3n) is 9.19. The van der Waals surface area contributed by atoms with Gasteiger partial charge in [0.2, 0.25) is 5.91 Å². The Morgan fingerprint density at radius 1 is 0.982 bits per heavy atom. The molecule has 5 rings (SSSR count). The highest BCUT2D eigenvalue weighted by Crippen LogP contribution is 2.35. The summed E-state index contributed by atoms with van der Waals surface area (Å²) in [6.07, 6.45) is -0.352. The third kappa shape index (κ3) is 12.3. The number of H-pyrrole nitrogens is 1. The lowest BCUT2D eigenvalue weighted by Crippen LogP contribution is -2.48. The van der Waals surface area contributed by atoms with E-state index in [0.717, 1.165) is 41.9 Å². The number of thioether (sulfide) groups is 1. The van der Waals surface area contributed by atoms with Gasteiger partial charge in [-0.25, -0.2) is 9.80 Å². The maximum atomic E-state index is 14.0. The van der Waals surface area contributed by atoms with Crippen molar-refractivity contribution in [2.45, 2.75) is 87.9 Å². The Hall–Kier alpha value is -4.30. The molecule has 300 valence electrons. The molecule has 1 aromatic heterocycles. The first-order chi connectivity index (χ1) is 26.2. The standard InChI is InChI=1S/C30H36N8O3S.C7H17NO5/c1-30(2,3)25(39)17-37-24-15-8-7-14-23(24)28(20-10-5-4-6-11-20)34-38(29(37)41)18-27(40)31-21-12-9-13-22(16-21)42-19-26-32-35-36-33-26;1-8-2-4(10)6(12)7(13)5(11)3-9/h7-9,12-16,20H,4-6,10-11,17-19H2,1-3H3,(H,31,40)(H,32,33,35,36);4-13H,2-3H2,1H3/t;4-,5+,6+,7+/m.0/s1. The Kier molecular flexibility index (Phi) is 16.2. The van der Waals surface area contributed by atoms with E-state index >= 15 is 0 Å². The molecule has 2 aliphatic rings. The number of hydrogen-bond acceptors (Lipinski definition) is 14. The highest BCUT2D eigenvalue weighted by atomic mass is 32.2. The van der Waals surface area contributed by atoms with Gasteiger partial charge in [-0.3, -0.25) is 14.5 Å². The van der Waals surface area contributed by atoms with Crippen molar-refractivity contribution in [1.29, 1.82) is 0 Å². The van der Waals surface area contributed by atoms with Crippen LogP contribution in [0, 0.1) is 11.3 Å². The van der Waals surface area contributed by atoms with Crippen molar-refractivity contribution in [2.24, 2.45) is 16.4 Å². The third-order valence-corrected chi connectivity index (χ3v) is 10.2. The van der Waals surface area contributed by atoms with Crippen molar-refractivity contribution in [2.75, 3.05) is 43.5 Å². The quantitative estimate of drug-likeness (QED) is 0.103. The van der Waals surface area contributed by atoms with Crippen LogP contribution in [0.25, 0.3) is 0 Å². The predicted octanol–water partition coefficient (Wildman–Crippen LogP) is 1.91. The molecule has 0 unspecified atom stereocenters. The van der Waals surface area contributed by atoms with Gasteiger partial charge in [0.1, 0.15) is 24.9 Å². The molecule has 0 saturated heterocycles. The summed E-state index contributed by atoms with van der Waals surface area (Å²) < 4.78 is 0. The van der Waals surface area contributed by atoms with Gasteiger partial charge in [0, 0.05) is 34.0 Å². The molecule has 1 saturated carbocycles. The molecule has 3 aromatic rings. The fourth-order valence-electron chi connectivity index (χ4n) is 5.99. The van der Waals surface area contributed by atoms with Crippen LogP contribution in [0.1, 0.15) is 64.3 Å². The van der Waals surface area contributed by atoms with E-state index in [9.17, 15) is 19.5 Å². The summed E-state index contributed by atoms with van der Waals surface area (Å²) in [6.45, 7) is 4.56. The number of hydrazone groups is 1. The SMILES string of the molecule is CC(C)(C)C(=O)CN1C(=O)N(CC(=O)Nc2cccc(SCc3nn[nH]n3)c2)N=C(C2CCCCC2)c2ccccc21.CNC[C@H](O)[C@@H](O)[C@H](O)[C@H](O)CO. The number of carbonyl (C=O) groups excluding carboxylic acids is 3. The molecular weight excluding hydrogens is 731 g/mol. The number of carbonyl (C=O) groups is 3. The Morgan fingerprint density at radius 3 is 2.35 bits per heavy atom.